The minimum Gasteiger partial charge on any atom is -0.512 e. The van der Waals surface area contributed by atoms with Crippen molar-refractivity contribution in [2.45, 2.75) is 109 Å². The van der Waals surface area contributed by atoms with E-state index in [1.807, 2.05) is 0 Å². The number of rotatable bonds is 25. The lowest BCUT2D eigenvalue weighted by molar-refractivity contribution is -0.627. The van der Waals surface area contributed by atoms with Crippen LogP contribution in [0.25, 0.3) is 0 Å². The molecule has 0 heterocycles. The highest BCUT2D eigenvalue weighted by molar-refractivity contribution is 5.80. The summed E-state index contributed by atoms with van der Waals surface area (Å²) in [6.45, 7) is 2.61. The van der Waals surface area contributed by atoms with Gasteiger partial charge in [-0.3, -0.25) is 4.79 Å². The highest BCUT2D eigenvalue weighted by Gasteiger charge is 2.21. The Morgan fingerprint density at radius 3 is 2.14 bits per heavy atom. The fraction of sp³-hybridized carbons (Fsp3) is 0.800. The molecule has 0 spiro atoms. The van der Waals surface area contributed by atoms with E-state index in [2.05, 4.69) is 32.2 Å². The van der Waals surface area contributed by atoms with E-state index in [4.69, 9.17) is 19.5 Å². The summed E-state index contributed by atoms with van der Waals surface area (Å²) >= 11 is 0. The molecule has 0 aliphatic heterocycles. The molecule has 0 aromatic rings. The lowest BCUT2D eigenvalue weighted by atomic mass is 10.0. The van der Waals surface area contributed by atoms with Crippen molar-refractivity contribution >= 4 is 18.3 Å². The van der Waals surface area contributed by atoms with Gasteiger partial charge in [0.2, 0.25) is 0 Å². The van der Waals surface area contributed by atoms with Crippen LogP contribution < -0.4 is 5.32 Å². The summed E-state index contributed by atoms with van der Waals surface area (Å²) in [4.78, 5) is 37.7. The average molecular weight is 519 g/mol. The van der Waals surface area contributed by atoms with Crippen LogP contribution in [0.15, 0.2) is 17.5 Å². The molecule has 0 aliphatic carbocycles. The van der Waals surface area contributed by atoms with Crippen molar-refractivity contribution in [3.05, 3.63) is 12.5 Å². The molecule has 0 aliphatic rings. The van der Waals surface area contributed by atoms with Crippen LogP contribution >= 0.6 is 0 Å². The number of aliphatic hydroxyl groups excluding tert-OH is 1. The number of hydrogen-bond acceptors (Lipinski definition) is 10. The van der Waals surface area contributed by atoms with Gasteiger partial charge in [-0.1, -0.05) is 71.1 Å². The van der Waals surface area contributed by atoms with E-state index in [9.17, 15) is 9.59 Å². The van der Waals surface area contributed by atoms with Crippen molar-refractivity contribution in [1.82, 2.24) is 5.32 Å². The van der Waals surface area contributed by atoms with E-state index in [-0.39, 0.29) is 5.91 Å². The van der Waals surface area contributed by atoms with Crippen molar-refractivity contribution in [3.8, 4) is 0 Å². The maximum absolute atomic E-state index is 12.6. The molecule has 1 amide bonds. The van der Waals surface area contributed by atoms with Gasteiger partial charge in [-0.05, 0) is 30.7 Å². The molecule has 0 radical (unpaired) electrons. The number of hydrogen-bond donors (Lipinski definition) is 2. The van der Waals surface area contributed by atoms with Crippen LogP contribution in [-0.4, -0.2) is 56.3 Å². The fourth-order valence-electron chi connectivity index (χ4n) is 3.48. The lowest BCUT2D eigenvalue weighted by Crippen LogP contribution is -2.37. The molecular formula is C25H46N2O9. The van der Waals surface area contributed by atoms with Crippen molar-refractivity contribution in [1.29, 1.82) is 0 Å². The Hall–Kier alpha value is -2.37. The number of carbonyl (C=O) groups excluding carboxylic acids is 2. The zero-order valence-corrected chi connectivity index (χ0v) is 22.2. The maximum Gasteiger partial charge on any atom is 0.330 e. The smallest absolute Gasteiger partial charge is 0.330 e. The molecule has 2 N–H and O–H groups in total. The predicted octanol–water partition coefficient (Wildman–Crippen LogP) is 5.01. The average Bonchev–Trinajstić information content (AvgIpc) is 2.89. The third-order valence-electron chi connectivity index (χ3n) is 5.47. The van der Waals surface area contributed by atoms with Gasteiger partial charge in [0.1, 0.15) is 6.26 Å². The van der Waals surface area contributed by atoms with Crippen LogP contribution in [0.4, 0.5) is 0 Å². The first kappa shape index (κ1) is 33.6. The second kappa shape index (κ2) is 25.7. The summed E-state index contributed by atoms with van der Waals surface area (Å²) in [5, 5.41) is 20.0. The van der Waals surface area contributed by atoms with Crippen molar-refractivity contribution < 1.29 is 44.0 Å². The first-order valence-electron chi connectivity index (χ1n) is 12.9. The SMILES string of the molecule is CCCCCCCCCCCCC(OOOO/C=C/O)C(=O)NCCCCC(N=COC)C(=O)OC. The van der Waals surface area contributed by atoms with Gasteiger partial charge in [-0.25, -0.2) is 9.79 Å². The van der Waals surface area contributed by atoms with E-state index < -0.39 is 18.1 Å². The molecule has 0 aromatic carbocycles. The Kier molecular flexibility index (Phi) is 24.0. The first-order chi connectivity index (χ1) is 17.6. The van der Waals surface area contributed by atoms with E-state index in [0.29, 0.717) is 38.5 Å². The minimum atomic E-state index is -0.880. The van der Waals surface area contributed by atoms with E-state index >= 15 is 0 Å². The molecule has 36 heavy (non-hydrogen) atoms. The topological polar surface area (TPSA) is 134 Å². The molecule has 0 rings (SSSR count). The number of methoxy groups -OCH3 is 2. The Morgan fingerprint density at radius 2 is 1.53 bits per heavy atom. The predicted molar refractivity (Wildman–Crippen MR) is 135 cm³/mol. The number of nitrogens with one attached hydrogen (secondary N) is 1. The number of aliphatic imine (C=N–C) groups is 1. The number of nitrogens with zero attached hydrogens (tertiary/aromatic N) is 1. The largest absolute Gasteiger partial charge is 0.512 e. The van der Waals surface area contributed by atoms with Gasteiger partial charge >= 0.3 is 5.97 Å². The van der Waals surface area contributed by atoms with Crippen LogP contribution in [0.5, 0.6) is 0 Å². The normalized spacial score (nSPS) is 13.1. The highest BCUT2D eigenvalue weighted by Crippen LogP contribution is 2.14. The van der Waals surface area contributed by atoms with Crippen LogP contribution in [0.1, 0.15) is 96.8 Å². The molecule has 210 valence electrons. The molecule has 0 aromatic heterocycles. The first-order valence-corrected chi connectivity index (χ1v) is 12.9. The van der Waals surface area contributed by atoms with Gasteiger partial charge in [-0.2, -0.15) is 4.89 Å². The minimum absolute atomic E-state index is 0.339. The molecule has 11 heteroatoms. The molecule has 2 atom stereocenters. The summed E-state index contributed by atoms with van der Waals surface area (Å²) in [6, 6.07) is -0.642. The number of esters is 1. The van der Waals surface area contributed by atoms with Gasteiger partial charge < -0.3 is 24.8 Å². The summed E-state index contributed by atoms with van der Waals surface area (Å²) in [7, 11) is 2.76. The Balaban J connectivity index is 4.30. The third-order valence-corrected chi connectivity index (χ3v) is 5.47. The summed E-state index contributed by atoms with van der Waals surface area (Å²) < 4.78 is 9.50. The second-order valence-electron chi connectivity index (χ2n) is 8.39. The monoisotopic (exact) mass is 518 g/mol. The van der Waals surface area contributed by atoms with E-state index in [1.165, 1.54) is 65.6 Å². The van der Waals surface area contributed by atoms with Crippen molar-refractivity contribution in [2.24, 2.45) is 4.99 Å². The van der Waals surface area contributed by atoms with Gasteiger partial charge in [0.25, 0.3) is 5.91 Å². The molecular weight excluding hydrogens is 472 g/mol. The van der Waals surface area contributed by atoms with Crippen molar-refractivity contribution in [3.63, 3.8) is 0 Å². The molecule has 2 unspecified atom stereocenters. The second-order valence-corrected chi connectivity index (χ2v) is 8.39. The molecule has 0 bridgehead atoms. The van der Waals surface area contributed by atoms with Gasteiger partial charge in [0.15, 0.2) is 24.8 Å². The maximum atomic E-state index is 12.6. The molecule has 0 saturated heterocycles. The third kappa shape index (κ3) is 19.9. The van der Waals surface area contributed by atoms with Crippen molar-refractivity contribution in [2.75, 3.05) is 20.8 Å². The number of aliphatic hydroxyl groups is 1. The zero-order chi connectivity index (χ0) is 26.7. The van der Waals surface area contributed by atoms with E-state index in [0.717, 1.165) is 25.5 Å². The van der Waals surface area contributed by atoms with Gasteiger partial charge in [0, 0.05) is 11.6 Å². The fourth-order valence-corrected chi connectivity index (χ4v) is 3.48. The Morgan fingerprint density at radius 1 is 0.889 bits per heavy atom. The molecule has 11 nitrogen and oxygen atoms in total. The molecule has 0 saturated carbocycles. The van der Waals surface area contributed by atoms with Crippen LogP contribution in [0.2, 0.25) is 0 Å². The lowest BCUT2D eigenvalue weighted by Gasteiger charge is -2.15. The highest BCUT2D eigenvalue weighted by atomic mass is 17.7. The Labute approximate surface area is 215 Å². The van der Waals surface area contributed by atoms with Crippen LogP contribution in [0, 0.1) is 0 Å². The number of amides is 1. The van der Waals surface area contributed by atoms with Gasteiger partial charge in [-0.15, -0.1) is 0 Å². The summed E-state index contributed by atoms with van der Waals surface area (Å²) in [5.74, 6) is -0.776. The summed E-state index contributed by atoms with van der Waals surface area (Å²) in [5.41, 5.74) is 0. The number of carbonyl (C=O) groups is 2. The standard InChI is InChI=1S/C25H46N2O9/c1-4-5-6-7-8-9-10-11-12-13-17-23(34-36-35-33-20-19-28)24(29)26-18-15-14-16-22(25(30)32-3)27-21-31-2/h19-23,28H,4-18H2,1-3H3,(H,26,29)/b20-19+,27-21?. The molecule has 0 fully saturated rings. The Bertz CT molecular complexity index is 588. The van der Waals surface area contributed by atoms with E-state index in [1.54, 1.807) is 0 Å². The van der Waals surface area contributed by atoms with Crippen LogP contribution in [-0.2, 0) is 38.9 Å². The zero-order valence-electron chi connectivity index (χ0n) is 22.2. The quantitative estimate of drug-likeness (QED) is 0.0325. The summed E-state index contributed by atoms with van der Waals surface area (Å²) in [6.07, 6.45) is 15.8. The van der Waals surface area contributed by atoms with Crippen LogP contribution in [0.3, 0.4) is 0 Å². The number of unbranched alkanes of at least 4 members (excludes halogenated alkanes) is 10. The van der Waals surface area contributed by atoms with Gasteiger partial charge in [0.05, 0.1) is 14.2 Å². The number of ether oxygens (including phenoxy) is 2.